The van der Waals surface area contributed by atoms with E-state index in [9.17, 15) is 14.4 Å². The third-order valence-electron chi connectivity index (χ3n) is 0.396. The van der Waals surface area contributed by atoms with Crippen LogP contribution in [0.15, 0.2) is 0 Å². The van der Waals surface area contributed by atoms with Gasteiger partial charge in [0.15, 0.2) is 0 Å². The zero-order chi connectivity index (χ0) is 15.4. The van der Waals surface area contributed by atoms with Gasteiger partial charge >= 0.3 is 12.3 Å². The number of carbonyl (C=O) groups is 2. The summed E-state index contributed by atoms with van der Waals surface area (Å²) in [6.07, 6.45) is -3.37. The molecule has 0 aliphatic rings. The number of hydrogen-bond acceptors (Lipinski definition) is 9. The molecule has 0 heterocycles. The minimum Gasteiger partial charge on any atom is -0.494 e. The fraction of sp³-hybridized carbons (Fsp3) is 0.870. The third kappa shape index (κ3) is 327. The molecule has 0 aliphatic heterocycles. The van der Waals surface area contributed by atoms with Gasteiger partial charge in [-0.25, -0.2) is 4.89 Å². The van der Waals surface area contributed by atoms with Gasteiger partial charge in [0, 0.05) is 81.7 Å². The topological polar surface area (TPSA) is 212 Å². The largest absolute Gasteiger partial charge is 0.589 e. The summed E-state index contributed by atoms with van der Waals surface area (Å²) in [5.74, 6) is 0. The van der Waals surface area contributed by atoms with Gasteiger partial charge in [0.2, 0.25) is 0 Å². The molecule has 14 heteroatoms. The van der Waals surface area contributed by atoms with E-state index in [1.807, 2.05) is 41.5 Å². The first-order chi connectivity index (χ1) is 8.70. The van der Waals surface area contributed by atoms with Crippen molar-refractivity contribution in [3.05, 3.63) is 0 Å². The van der Waals surface area contributed by atoms with Crippen molar-refractivity contribution in [3.8, 4) is 0 Å². The summed E-state index contributed by atoms with van der Waals surface area (Å²) in [5.41, 5.74) is 0. The van der Waals surface area contributed by atoms with Crippen molar-refractivity contribution in [2.24, 2.45) is 0 Å². The van der Waals surface area contributed by atoms with Gasteiger partial charge in [-0.15, -0.1) is 0 Å². The van der Waals surface area contributed by atoms with E-state index in [2.05, 4.69) is 24.4 Å². The van der Waals surface area contributed by atoms with E-state index in [1.165, 1.54) is 0 Å². The minimum absolute atomic E-state index is 0. The van der Waals surface area contributed by atoms with Gasteiger partial charge in [0.05, 0.1) is 0 Å². The van der Waals surface area contributed by atoms with Crippen molar-refractivity contribution < 1.29 is 142 Å². The molecule has 0 aromatic heterocycles. The molecule has 0 rings (SSSR count). The van der Waals surface area contributed by atoms with Gasteiger partial charge in [-0.2, -0.15) is 24.6 Å². The average Bonchev–Trinajstić information content (AvgIpc) is 2.48. The Labute approximate surface area is 303 Å². The number of carbonyl (C=O) groups excluding carboxylic acids is 3. The van der Waals surface area contributed by atoms with Crippen LogP contribution in [0.5, 0.6) is 0 Å². The summed E-state index contributed by atoms with van der Waals surface area (Å²) in [6, 6.07) is 0. The maximum absolute atomic E-state index is 10.1. The fourth-order valence-electron chi connectivity index (χ4n) is 0.148. The van der Waals surface area contributed by atoms with Gasteiger partial charge in [-0.1, -0.05) is 146 Å². The van der Waals surface area contributed by atoms with Gasteiger partial charge < -0.3 is 26.1 Å². The normalized spacial score (nSPS) is 3.00. The molecular weight excluding hydrogens is 757 g/mol. The average molecular weight is 838 g/mol. The van der Waals surface area contributed by atoms with Crippen molar-refractivity contribution >= 4 is 18.8 Å². The smallest absolute Gasteiger partial charge is 0.494 e. The first-order valence-electron chi connectivity index (χ1n) is 5.15. The quantitative estimate of drug-likeness (QED) is 0.159. The van der Waals surface area contributed by atoms with E-state index in [-0.39, 0.29) is 202 Å². The fourth-order valence-corrected chi connectivity index (χ4v) is 0.148. The van der Waals surface area contributed by atoms with Crippen molar-refractivity contribution in [2.45, 2.75) is 146 Å². The van der Waals surface area contributed by atoms with E-state index < -0.39 is 12.3 Å². The summed E-state index contributed by atoms with van der Waals surface area (Å²) < 4.78 is 0. The zero-order valence-electron chi connectivity index (χ0n) is 13.7. The molecule has 0 saturated carbocycles. The Morgan fingerprint density at radius 2 is 0.676 bits per heavy atom. The maximum atomic E-state index is 10.1. The number of rotatable bonds is 2. The predicted molar refractivity (Wildman–Crippen MR) is 164 cm³/mol. The van der Waals surface area contributed by atoms with Crippen molar-refractivity contribution in [1.29, 1.82) is 0 Å². The Hall–Kier alpha value is 0.551. The molecular formula is C23H81Nd2O12-. The molecule has 0 aromatic rings. The Morgan fingerprint density at radius 3 is 0.838 bits per heavy atom. The molecule has 0 aromatic carbocycles. The monoisotopic (exact) mass is 833 g/mol. The standard InChI is InChI=1S/C3HO9.3C2H6.14CH4.2Nd.3H2O/c4-1-8-10-3(6)12-11-2(5)9-7;3*1-2;;;;;;;;;;;;;;;;;;;/h7H;3*1-2H3;14*1H4;;;3*1H2/q-1;;;;;;;;;;;;;;;;;;;;;;. The van der Waals surface area contributed by atoms with Gasteiger partial charge in [0.25, 0.3) is 0 Å². The molecule has 37 heavy (non-hydrogen) atoms. The third-order valence-corrected chi connectivity index (χ3v) is 0.396. The van der Waals surface area contributed by atoms with Crippen LogP contribution in [0.3, 0.4) is 0 Å². The summed E-state index contributed by atoms with van der Waals surface area (Å²) in [6.45, 7) is 12.7. The Kier molecular flexibility index (Phi) is 1880. The molecule has 254 valence electrons. The second kappa shape index (κ2) is 293. The van der Waals surface area contributed by atoms with Gasteiger partial charge in [-0.3, -0.25) is 4.89 Å². The summed E-state index contributed by atoms with van der Waals surface area (Å²) in [4.78, 5) is 45.5. The molecule has 0 radical (unpaired) electrons. The first-order valence-corrected chi connectivity index (χ1v) is 5.15. The Balaban J connectivity index is -0.00000000350. The summed E-state index contributed by atoms with van der Waals surface area (Å²) in [7, 11) is 0. The molecule has 0 aliphatic carbocycles. The Bertz CT molecular complexity index is 207. The van der Waals surface area contributed by atoms with Crippen LogP contribution in [-0.2, 0) is 29.2 Å². The molecule has 0 amide bonds. The first kappa shape index (κ1) is 237. The second-order valence-electron chi connectivity index (χ2n) is 1.01. The van der Waals surface area contributed by atoms with Gasteiger partial charge in [-0.05, 0) is 6.47 Å². The molecule has 0 fully saturated rings. The molecule has 0 saturated heterocycles. The van der Waals surface area contributed by atoms with Crippen LogP contribution in [0.2, 0.25) is 0 Å². The van der Waals surface area contributed by atoms with E-state index in [0.717, 1.165) is 0 Å². The van der Waals surface area contributed by atoms with Crippen LogP contribution in [0.1, 0.15) is 146 Å². The van der Waals surface area contributed by atoms with Crippen molar-refractivity contribution in [2.75, 3.05) is 0 Å². The molecule has 12 nitrogen and oxygen atoms in total. The van der Waals surface area contributed by atoms with Crippen LogP contribution in [0.25, 0.3) is 0 Å². The molecule has 0 unspecified atom stereocenters. The summed E-state index contributed by atoms with van der Waals surface area (Å²) in [5, 5.41) is 7.52. The predicted octanol–water partition coefficient (Wildman–Crippen LogP) is 9.19. The molecule has 0 bridgehead atoms. The second-order valence-corrected chi connectivity index (χ2v) is 1.01. The van der Waals surface area contributed by atoms with Crippen molar-refractivity contribution in [3.63, 3.8) is 0 Å². The van der Waals surface area contributed by atoms with Crippen LogP contribution >= 0.6 is 0 Å². The zero-order valence-corrected chi connectivity index (χ0v) is 20.1. The van der Waals surface area contributed by atoms with Crippen LogP contribution < -0.4 is 0 Å². The number of hydrogen-bond donors (Lipinski definition) is 1. The molecule has 7 N–H and O–H groups in total. The Morgan fingerprint density at radius 1 is 0.486 bits per heavy atom. The maximum Gasteiger partial charge on any atom is 0.589 e. The van der Waals surface area contributed by atoms with E-state index >= 15 is 0 Å². The molecule has 0 atom stereocenters. The van der Waals surface area contributed by atoms with Crippen LogP contribution in [-0.4, -0.2) is 40.5 Å². The SMILES string of the molecule is C.C.C.C.C.C.C.C.C.C.C.C.C.C.CC.CC.CC.O.O.O.O=[C-]OOC(=O)OOC(=O)OO.[Nd].[Nd]. The van der Waals surface area contributed by atoms with Gasteiger partial charge in [0.1, 0.15) is 0 Å². The van der Waals surface area contributed by atoms with Crippen molar-refractivity contribution in [1.82, 2.24) is 0 Å². The van der Waals surface area contributed by atoms with Crippen LogP contribution in [0.4, 0.5) is 9.59 Å². The summed E-state index contributed by atoms with van der Waals surface area (Å²) >= 11 is 0. The van der Waals surface area contributed by atoms with E-state index in [0.29, 0.717) is 6.47 Å². The molecule has 0 spiro atoms. The van der Waals surface area contributed by atoms with E-state index in [1.54, 1.807) is 0 Å². The minimum atomic E-state index is -1.71. The van der Waals surface area contributed by atoms with E-state index in [4.69, 9.17) is 5.26 Å². The van der Waals surface area contributed by atoms with Crippen LogP contribution in [0, 0.1) is 81.7 Å².